The van der Waals surface area contributed by atoms with Gasteiger partial charge in [-0.25, -0.2) is 0 Å². The number of ether oxygens (including phenoxy) is 1. The summed E-state index contributed by atoms with van der Waals surface area (Å²) in [6.45, 7) is 2.97. The van der Waals surface area contributed by atoms with Crippen LogP contribution in [-0.4, -0.2) is 19.1 Å². The normalized spacial score (nSPS) is 31.2. The van der Waals surface area contributed by atoms with Gasteiger partial charge < -0.3 is 10.5 Å². The molecule has 2 N–H and O–H groups in total. The highest BCUT2D eigenvalue weighted by molar-refractivity contribution is 5.85. The van der Waals surface area contributed by atoms with E-state index in [0.717, 1.165) is 0 Å². The summed E-state index contributed by atoms with van der Waals surface area (Å²) in [6.07, 6.45) is 0.476. The van der Waals surface area contributed by atoms with E-state index in [1.54, 1.807) is 0 Å². The van der Waals surface area contributed by atoms with Crippen LogP contribution in [0.1, 0.15) is 13.3 Å². The monoisotopic (exact) mass is 165 g/mol. The van der Waals surface area contributed by atoms with Crippen LogP contribution in [0.3, 0.4) is 0 Å². The summed E-state index contributed by atoms with van der Waals surface area (Å²) in [4.78, 5) is 10.5. The Morgan fingerprint density at radius 2 is 2.40 bits per heavy atom. The number of hydrogen-bond donors (Lipinski definition) is 1. The summed E-state index contributed by atoms with van der Waals surface area (Å²) in [5.74, 6) is -0.122. The molecule has 0 radical (unpaired) electrons. The predicted octanol–water partition coefficient (Wildman–Crippen LogP) is 0.320. The van der Waals surface area contributed by atoms with Crippen LogP contribution < -0.4 is 5.73 Å². The molecule has 1 rings (SSSR count). The molecule has 1 fully saturated rings. The van der Waals surface area contributed by atoms with E-state index in [0.29, 0.717) is 19.6 Å². The maximum atomic E-state index is 10.5. The molecule has 0 saturated carbocycles. The topological polar surface area (TPSA) is 52.3 Å². The second kappa shape index (κ2) is 3.21. The van der Waals surface area contributed by atoms with Crippen molar-refractivity contribution in [2.75, 3.05) is 13.2 Å². The molecule has 0 aromatic rings. The summed E-state index contributed by atoms with van der Waals surface area (Å²) >= 11 is 0. The summed E-state index contributed by atoms with van der Waals surface area (Å²) in [5, 5.41) is 0. The third-order valence-corrected chi connectivity index (χ3v) is 1.65. The first-order valence-corrected chi connectivity index (χ1v) is 3.02. The molecule has 0 amide bonds. The largest absolute Gasteiger partial charge is 0.465 e. The molecule has 4 heteroatoms. The number of cyclic esters (lactones) is 1. The summed E-state index contributed by atoms with van der Waals surface area (Å²) in [7, 11) is 0. The van der Waals surface area contributed by atoms with Crippen LogP contribution in [0.4, 0.5) is 0 Å². The van der Waals surface area contributed by atoms with E-state index in [4.69, 9.17) is 10.5 Å². The SMILES string of the molecule is CC1(CN)COC(=O)C1.Cl. The van der Waals surface area contributed by atoms with Crippen molar-refractivity contribution in [1.29, 1.82) is 0 Å². The zero-order chi connectivity index (χ0) is 6.91. The fourth-order valence-corrected chi connectivity index (χ4v) is 0.836. The number of hydrogen-bond acceptors (Lipinski definition) is 3. The van der Waals surface area contributed by atoms with E-state index in [1.807, 2.05) is 6.92 Å². The number of carbonyl (C=O) groups excluding carboxylic acids is 1. The Labute approximate surface area is 66.3 Å². The van der Waals surface area contributed by atoms with E-state index in [1.165, 1.54) is 0 Å². The van der Waals surface area contributed by atoms with Gasteiger partial charge in [0.05, 0.1) is 13.0 Å². The average Bonchev–Trinajstić information content (AvgIpc) is 2.13. The Hall–Kier alpha value is -0.280. The maximum Gasteiger partial charge on any atom is 0.306 e. The van der Waals surface area contributed by atoms with Gasteiger partial charge in [-0.2, -0.15) is 0 Å². The molecule has 1 aliphatic rings. The molecule has 0 aromatic heterocycles. The molecule has 1 heterocycles. The van der Waals surface area contributed by atoms with Gasteiger partial charge in [0, 0.05) is 12.0 Å². The van der Waals surface area contributed by atoms with E-state index in [9.17, 15) is 4.79 Å². The third-order valence-electron chi connectivity index (χ3n) is 1.65. The lowest BCUT2D eigenvalue weighted by Crippen LogP contribution is -2.27. The highest BCUT2D eigenvalue weighted by Gasteiger charge is 2.34. The molecule has 0 bridgehead atoms. The first-order valence-electron chi connectivity index (χ1n) is 3.02. The molecule has 10 heavy (non-hydrogen) atoms. The first-order chi connectivity index (χ1) is 4.16. The molecule has 0 spiro atoms. The Kier molecular flexibility index (Phi) is 3.12. The molecular formula is C6H12ClNO2. The van der Waals surface area contributed by atoms with Crippen LogP contribution in [0.15, 0.2) is 0 Å². The summed E-state index contributed by atoms with van der Waals surface area (Å²) in [6, 6.07) is 0. The van der Waals surface area contributed by atoms with Crippen LogP contribution >= 0.6 is 12.4 Å². The predicted molar refractivity (Wildman–Crippen MR) is 40.0 cm³/mol. The summed E-state index contributed by atoms with van der Waals surface area (Å²) in [5.41, 5.74) is 5.31. The van der Waals surface area contributed by atoms with Gasteiger partial charge >= 0.3 is 5.97 Å². The van der Waals surface area contributed by atoms with Gasteiger partial charge in [-0.3, -0.25) is 4.79 Å². The Morgan fingerprint density at radius 1 is 1.80 bits per heavy atom. The van der Waals surface area contributed by atoms with Crippen molar-refractivity contribution in [3.63, 3.8) is 0 Å². The molecule has 0 aromatic carbocycles. The van der Waals surface area contributed by atoms with Gasteiger partial charge in [0.1, 0.15) is 0 Å². The lowest BCUT2D eigenvalue weighted by atomic mass is 9.90. The fraction of sp³-hybridized carbons (Fsp3) is 0.833. The minimum absolute atomic E-state index is 0. The molecule has 1 atom stereocenters. The zero-order valence-electron chi connectivity index (χ0n) is 5.92. The van der Waals surface area contributed by atoms with Crippen molar-refractivity contribution < 1.29 is 9.53 Å². The van der Waals surface area contributed by atoms with Crippen molar-refractivity contribution in [2.24, 2.45) is 11.1 Å². The van der Waals surface area contributed by atoms with Crippen LogP contribution in [0.5, 0.6) is 0 Å². The first kappa shape index (κ1) is 9.72. The molecule has 60 valence electrons. The van der Waals surface area contributed by atoms with Crippen molar-refractivity contribution in [3.05, 3.63) is 0 Å². The molecule has 3 nitrogen and oxygen atoms in total. The van der Waals surface area contributed by atoms with E-state index < -0.39 is 0 Å². The van der Waals surface area contributed by atoms with E-state index in [2.05, 4.69) is 0 Å². The minimum atomic E-state index is -0.122. The molecule has 0 aliphatic carbocycles. The number of esters is 1. The van der Waals surface area contributed by atoms with Gasteiger partial charge in [0.15, 0.2) is 0 Å². The molecule has 1 aliphatic heterocycles. The van der Waals surface area contributed by atoms with Crippen molar-refractivity contribution >= 4 is 18.4 Å². The fourth-order valence-electron chi connectivity index (χ4n) is 0.836. The quantitative estimate of drug-likeness (QED) is 0.570. The minimum Gasteiger partial charge on any atom is -0.465 e. The maximum absolute atomic E-state index is 10.5. The van der Waals surface area contributed by atoms with Gasteiger partial charge in [0.2, 0.25) is 0 Å². The second-order valence-electron chi connectivity index (χ2n) is 2.85. The molecule has 1 saturated heterocycles. The van der Waals surface area contributed by atoms with Crippen molar-refractivity contribution in [1.82, 2.24) is 0 Å². The van der Waals surface area contributed by atoms with Crippen LogP contribution in [0, 0.1) is 5.41 Å². The summed E-state index contributed by atoms with van der Waals surface area (Å²) < 4.78 is 4.74. The molecule has 1 unspecified atom stereocenters. The van der Waals surface area contributed by atoms with E-state index in [-0.39, 0.29) is 23.8 Å². The van der Waals surface area contributed by atoms with Gasteiger partial charge in [-0.15, -0.1) is 12.4 Å². The van der Waals surface area contributed by atoms with Crippen LogP contribution in [0.25, 0.3) is 0 Å². The smallest absolute Gasteiger partial charge is 0.306 e. The van der Waals surface area contributed by atoms with Gasteiger partial charge in [-0.1, -0.05) is 6.92 Å². The number of rotatable bonds is 1. The van der Waals surface area contributed by atoms with E-state index >= 15 is 0 Å². The zero-order valence-corrected chi connectivity index (χ0v) is 6.74. The number of nitrogens with two attached hydrogens (primary N) is 1. The lowest BCUT2D eigenvalue weighted by molar-refractivity contribution is -0.137. The Morgan fingerprint density at radius 3 is 2.60 bits per heavy atom. The highest BCUT2D eigenvalue weighted by atomic mass is 35.5. The third kappa shape index (κ3) is 1.85. The average molecular weight is 166 g/mol. The molecular weight excluding hydrogens is 154 g/mol. The lowest BCUT2D eigenvalue weighted by Gasteiger charge is -2.15. The van der Waals surface area contributed by atoms with Crippen LogP contribution in [0.2, 0.25) is 0 Å². The van der Waals surface area contributed by atoms with Crippen LogP contribution in [-0.2, 0) is 9.53 Å². The van der Waals surface area contributed by atoms with Gasteiger partial charge in [-0.05, 0) is 0 Å². The number of halogens is 1. The Bertz CT molecular complexity index is 140. The highest BCUT2D eigenvalue weighted by Crippen LogP contribution is 2.26. The number of carbonyl (C=O) groups is 1. The van der Waals surface area contributed by atoms with Crippen molar-refractivity contribution in [2.45, 2.75) is 13.3 Å². The Balaban J connectivity index is 0.000000810. The second-order valence-corrected chi connectivity index (χ2v) is 2.85. The van der Waals surface area contributed by atoms with Crippen molar-refractivity contribution in [3.8, 4) is 0 Å². The standard InChI is InChI=1S/C6H11NO2.ClH/c1-6(3-7)2-5(8)9-4-6;/h2-4,7H2,1H3;1H. The van der Waals surface area contributed by atoms with Gasteiger partial charge in [0.25, 0.3) is 0 Å².